The predicted octanol–water partition coefficient (Wildman–Crippen LogP) is 2.55. The summed E-state index contributed by atoms with van der Waals surface area (Å²) in [5.74, 6) is 0.118. The zero-order valence-corrected chi connectivity index (χ0v) is 11.8. The molecule has 1 aliphatic heterocycles. The predicted molar refractivity (Wildman–Crippen MR) is 82.0 cm³/mol. The van der Waals surface area contributed by atoms with Crippen LogP contribution in [0.25, 0.3) is 10.8 Å². The topological polar surface area (TPSA) is 50.3 Å². The minimum atomic E-state index is -0.153. The summed E-state index contributed by atoms with van der Waals surface area (Å²) in [5, 5.41) is 1.85. The monoisotopic (exact) mass is 290 g/mol. The molecule has 2 heterocycles. The Morgan fingerprint density at radius 1 is 1.00 bits per heavy atom. The van der Waals surface area contributed by atoms with Gasteiger partial charge in [0, 0.05) is 23.2 Å². The second kappa shape index (κ2) is 4.03. The van der Waals surface area contributed by atoms with Gasteiger partial charge in [-0.15, -0.1) is 0 Å². The lowest BCUT2D eigenvalue weighted by Gasteiger charge is -2.19. The summed E-state index contributed by atoms with van der Waals surface area (Å²) in [6, 6.07) is 7.55. The summed E-state index contributed by atoms with van der Waals surface area (Å²) in [4.78, 5) is 31.3. The molecule has 2 aromatic rings. The van der Waals surface area contributed by atoms with Gasteiger partial charge in [0.2, 0.25) is 11.8 Å². The Balaban J connectivity index is 1.67. The average Bonchev–Trinajstić information content (AvgIpc) is 3.21. The van der Waals surface area contributed by atoms with Gasteiger partial charge in [-0.3, -0.25) is 14.6 Å². The van der Waals surface area contributed by atoms with E-state index in [2.05, 4.69) is 17.1 Å². The first-order chi connectivity index (χ1) is 10.8. The van der Waals surface area contributed by atoms with E-state index in [-0.39, 0.29) is 35.5 Å². The molecule has 4 unspecified atom stereocenters. The van der Waals surface area contributed by atoms with Gasteiger partial charge in [-0.25, -0.2) is 4.90 Å². The van der Waals surface area contributed by atoms with E-state index < -0.39 is 0 Å². The summed E-state index contributed by atoms with van der Waals surface area (Å²) in [6.45, 7) is 0. The number of carbonyl (C=O) groups excluding carboxylic acids is 2. The summed E-state index contributed by atoms with van der Waals surface area (Å²) < 4.78 is 0. The van der Waals surface area contributed by atoms with E-state index >= 15 is 0 Å². The molecule has 2 aliphatic carbocycles. The van der Waals surface area contributed by atoms with Crippen molar-refractivity contribution in [1.29, 1.82) is 0 Å². The Kier molecular flexibility index (Phi) is 2.22. The number of nitrogens with zero attached hydrogens (tertiary/aromatic N) is 2. The molecule has 0 N–H and O–H groups in total. The highest BCUT2D eigenvalue weighted by Gasteiger charge is 2.59. The van der Waals surface area contributed by atoms with Gasteiger partial charge in [0.05, 0.1) is 17.5 Å². The minimum absolute atomic E-state index is 0.0313. The molecule has 1 saturated carbocycles. The molecule has 4 nitrogen and oxygen atoms in total. The first kappa shape index (κ1) is 12.1. The fourth-order valence-corrected chi connectivity index (χ4v) is 4.44. The van der Waals surface area contributed by atoms with Crippen molar-refractivity contribution in [3.05, 3.63) is 48.8 Å². The van der Waals surface area contributed by atoms with Crippen LogP contribution in [0.3, 0.4) is 0 Å². The van der Waals surface area contributed by atoms with Crippen molar-refractivity contribution in [2.45, 2.75) is 6.42 Å². The molecule has 2 amide bonds. The third-order valence-corrected chi connectivity index (χ3v) is 5.37. The van der Waals surface area contributed by atoms with Crippen molar-refractivity contribution in [1.82, 2.24) is 4.98 Å². The van der Waals surface area contributed by atoms with Crippen LogP contribution >= 0.6 is 0 Å². The Hall–Kier alpha value is -2.49. The van der Waals surface area contributed by atoms with Gasteiger partial charge in [0.25, 0.3) is 0 Å². The van der Waals surface area contributed by atoms with Crippen LogP contribution in [0.4, 0.5) is 5.69 Å². The minimum Gasteiger partial charge on any atom is -0.274 e. The third kappa shape index (κ3) is 1.35. The number of aromatic nitrogens is 1. The number of allylic oxidation sites excluding steroid dienone is 2. The second-order valence-electron chi connectivity index (χ2n) is 6.39. The molecule has 3 aliphatic rings. The van der Waals surface area contributed by atoms with Crippen LogP contribution in [-0.2, 0) is 9.59 Å². The average molecular weight is 290 g/mol. The van der Waals surface area contributed by atoms with Crippen LogP contribution in [0.5, 0.6) is 0 Å². The van der Waals surface area contributed by atoms with Gasteiger partial charge in [0.1, 0.15) is 0 Å². The molecular formula is C18H14N2O2. The summed E-state index contributed by atoms with van der Waals surface area (Å²) in [7, 11) is 0. The van der Waals surface area contributed by atoms with E-state index in [1.807, 2.05) is 24.3 Å². The van der Waals surface area contributed by atoms with Crippen LogP contribution in [-0.4, -0.2) is 16.8 Å². The molecule has 4 heteroatoms. The summed E-state index contributed by atoms with van der Waals surface area (Å²) >= 11 is 0. The third-order valence-electron chi connectivity index (χ3n) is 5.37. The Morgan fingerprint density at radius 3 is 2.45 bits per heavy atom. The molecule has 4 atom stereocenters. The van der Waals surface area contributed by atoms with E-state index in [0.717, 1.165) is 17.2 Å². The molecule has 1 saturated heterocycles. The fraction of sp³-hybridized carbons (Fsp3) is 0.278. The standard InChI is InChI=1S/C18H14N2O2/c21-17-15-10-4-5-11(8-10)16(15)18(22)20(17)14-3-1-2-12-9-19-7-6-13(12)14/h1-7,9-11,15-16H,8H2. The molecule has 108 valence electrons. The van der Waals surface area contributed by atoms with Crippen molar-refractivity contribution < 1.29 is 9.59 Å². The van der Waals surface area contributed by atoms with Gasteiger partial charge in [0.15, 0.2) is 0 Å². The van der Waals surface area contributed by atoms with E-state index in [0.29, 0.717) is 5.69 Å². The molecule has 2 fully saturated rings. The number of imide groups is 1. The number of anilines is 1. The normalized spacial score (nSPS) is 32.3. The lowest BCUT2D eigenvalue weighted by Crippen LogP contribution is -2.33. The highest BCUT2D eigenvalue weighted by atomic mass is 16.2. The van der Waals surface area contributed by atoms with Gasteiger partial charge >= 0.3 is 0 Å². The van der Waals surface area contributed by atoms with E-state index in [9.17, 15) is 9.59 Å². The maximum Gasteiger partial charge on any atom is 0.238 e. The number of hydrogen-bond acceptors (Lipinski definition) is 3. The van der Waals surface area contributed by atoms with Crippen LogP contribution in [0.15, 0.2) is 48.8 Å². The number of amides is 2. The lowest BCUT2D eigenvalue weighted by molar-refractivity contribution is -0.123. The van der Waals surface area contributed by atoms with E-state index in [1.165, 1.54) is 4.90 Å². The number of carbonyl (C=O) groups is 2. The van der Waals surface area contributed by atoms with Gasteiger partial charge < -0.3 is 0 Å². The largest absolute Gasteiger partial charge is 0.274 e. The fourth-order valence-electron chi connectivity index (χ4n) is 4.44. The van der Waals surface area contributed by atoms with Crippen molar-refractivity contribution in [2.24, 2.45) is 23.7 Å². The molecule has 0 spiro atoms. The quantitative estimate of drug-likeness (QED) is 0.599. The van der Waals surface area contributed by atoms with Crippen molar-refractivity contribution in [3.63, 3.8) is 0 Å². The molecule has 2 bridgehead atoms. The maximum atomic E-state index is 12.9. The zero-order chi connectivity index (χ0) is 14.8. The molecule has 22 heavy (non-hydrogen) atoms. The van der Waals surface area contributed by atoms with Crippen molar-refractivity contribution >= 4 is 28.3 Å². The first-order valence-corrected chi connectivity index (χ1v) is 7.64. The van der Waals surface area contributed by atoms with Crippen LogP contribution < -0.4 is 4.90 Å². The maximum absolute atomic E-state index is 12.9. The lowest BCUT2D eigenvalue weighted by atomic mass is 9.85. The first-order valence-electron chi connectivity index (χ1n) is 7.64. The van der Waals surface area contributed by atoms with Gasteiger partial charge in [-0.05, 0) is 30.4 Å². The van der Waals surface area contributed by atoms with Gasteiger partial charge in [-0.1, -0.05) is 24.3 Å². The number of hydrogen-bond donors (Lipinski definition) is 0. The molecule has 0 radical (unpaired) electrons. The molecule has 1 aromatic carbocycles. The highest BCUT2D eigenvalue weighted by Crippen LogP contribution is 2.53. The summed E-state index contributed by atoms with van der Waals surface area (Å²) in [6.07, 6.45) is 8.65. The summed E-state index contributed by atoms with van der Waals surface area (Å²) in [5.41, 5.74) is 0.698. The Labute approximate surface area is 127 Å². The zero-order valence-electron chi connectivity index (χ0n) is 11.8. The van der Waals surface area contributed by atoms with Crippen molar-refractivity contribution in [3.8, 4) is 0 Å². The Morgan fingerprint density at radius 2 is 1.73 bits per heavy atom. The number of rotatable bonds is 1. The van der Waals surface area contributed by atoms with Gasteiger partial charge in [-0.2, -0.15) is 0 Å². The molecule has 5 rings (SSSR count). The smallest absolute Gasteiger partial charge is 0.238 e. The number of benzene rings is 1. The van der Waals surface area contributed by atoms with E-state index in [1.54, 1.807) is 12.4 Å². The van der Waals surface area contributed by atoms with E-state index in [4.69, 9.17) is 0 Å². The Bertz CT molecular complexity index is 822. The molecular weight excluding hydrogens is 276 g/mol. The highest BCUT2D eigenvalue weighted by molar-refractivity contribution is 6.25. The van der Waals surface area contributed by atoms with Crippen molar-refractivity contribution in [2.75, 3.05) is 4.90 Å². The van der Waals surface area contributed by atoms with Crippen LogP contribution in [0, 0.1) is 23.7 Å². The number of pyridine rings is 1. The SMILES string of the molecule is O=C1C2C3C=CC(C3)C2C(=O)N1c1cccc2cnccc12. The second-order valence-corrected chi connectivity index (χ2v) is 6.39. The van der Waals surface area contributed by atoms with Crippen LogP contribution in [0.2, 0.25) is 0 Å². The number of fused-ring (bicyclic) bond motifs is 6. The van der Waals surface area contributed by atoms with Crippen LogP contribution in [0.1, 0.15) is 6.42 Å². The molecule has 1 aromatic heterocycles.